The highest BCUT2D eigenvalue weighted by Gasteiger charge is 2.19. The Labute approximate surface area is 186 Å². The summed E-state index contributed by atoms with van der Waals surface area (Å²) in [5, 5.41) is 0. The Bertz CT molecular complexity index is 1120. The third kappa shape index (κ3) is 4.74. The average Bonchev–Trinajstić information content (AvgIpc) is 3.13. The predicted molar refractivity (Wildman–Crippen MR) is 120 cm³/mol. The minimum absolute atomic E-state index is 0.349. The van der Waals surface area contributed by atoms with E-state index in [1.807, 2.05) is 6.07 Å². The Morgan fingerprint density at radius 1 is 1.00 bits per heavy atom. The Hall–Kier alpha value is -3.01. The van der Waals surface area contributed by atoms with Gasteiger partial charge in [0.1, 0.15) is 0 Å². The minimum Gasteiger partial charge on any atom is -0.493 e. The fourth-order valence-electron chi connectivity index (χ4n) is 4.17. The molecule has 1 aromatic heterocycles. The Balaban J connectivity index is 1.33. The molecule has 1 aliphatic rings. The van der Waals surface area contributed by atoms with Crippen LogP contribution in [0.2, 0.25) is 0 Å². The highest BCUT2D eigenvalue weighted by atomic mass is 17.3. The van der Waals surface area contributed by atoms with Crippen molar-refractivity contribution in [3.05, 3.63) is 52.0 Å². The van der Waals surface area contributed by atoms with E-state index in [9.17, 15) is 4.79 Å². The number of aryl methyl sites for hydroxylation is 1. The molecule has 1 aliphatic heterocycles. The standard InChI is InChI=1S/C23H29N3O6/c1-28-21-12-16-8-11-25(15-17(16)13-22(21)29-2)9-4-5-10-26-19-7-6-18(24-32-30-3)14-20(19)31-23(26)27/h6-7,12-14,24H,4-5,8-11,15H2,1-3H3. The van der Waals surface area contributed by atoms with E-state index in [4.69, 9.17) is 18.9 Å². The molecule has 172 valence electrons. The molecular weight excluding hydrogens is 414 g/mol. The van der Waals surface area contributed by atoms with Crippen molar-refractivity contribution in [2.45, 2.75) is 32.4 Å². The molecule has 0 aliphatic carbocycles. The number of ether oxygens (including phenoxy) is 2. The SMILES string of the molecule is COONc1ccc2c(c1)oc(=O)n2CCCCN1CCc2cc(OC)c(OC)cc2C1. The number of rotatable bonds is 10. The van der Waals surface area contributed by atoms with E-state index in [0.29, 0.717) is 17.8 Å². The summed E-state index contributed by atoms with van der Waals surface area (Å²) >= 11 is 0. The molecule has 0 bridgehead atoms. The molecule has 0 saturated heterocycles. The number of fused-ring (bicyclic) bond motifs is 2. The van der Waals surface area contributed by atoms with Crippen LogP contribution in [-0.4, -0.2) is 43.9 Å². The number of nitrogens with one attached hydrogen (secondary N) is 1. The van der Waals surface area contributed by atoms with E-state index in [1.165, 1.54) is 18.2 Å². The first-order valence-corrected chi connectivity index (χ1v) is 10.7. The molecule has 3 aromatic rings. The molecule has 0 saturated carbocycles. The van der Waals surface area contributed by atoms with Crippen molar-refractivity contribution in [2.75, 3.05) is 39.9 Å². The van der Waals surface area contributed by atoms with Gasteiger partial charge in [0.05, 0.1) is 32.5 Å². The Morgan fingerprint density at radius 3 is 2.50 bits per heavy atom. The lowest BCUT2D eigenvalue weighted by molar-refractivity contribution is -0.248. The Kier molecular flexibility index (Phi) is 6.99. The number of hydrogen-bond donors (Lipinski definition) is 1. The summed E-state index contributed by atoms with van der Waals surface area (Å²) in [5.74, 6) is 1.20. The molecule has 32 heavy (non-hydrogen) atoms. The van der Waals surface area contributed by atoms with Gasteiger partial charge in [-0.2, -0.15) is 0 Å². The van der Waals surface area contributed by atoms with Gasteiger partial charge in [0.15, 0.2) is 17.1 Å². The molecule has 2 aromatic carbocycles. The lowest BCUT2D eigenvalue weighted by Crippen LogP contribution is -2.31. The lowest BCUT2D eigenvalue weighted by Gasteiger charge is -2.29. The fraction of sp³-hybridized carbons (Fsp3) is 0.435. The van der Waals surface area contributed by atoms with Gasteiger partial charge in [-0.25, -0.2) is 15.2 Å². The summed E-state index contributed by atoms with van der Waals surface area (Å²) in [6.07, 6.45) is 2.87. The van der Waals surface area contributed by atoms with Crippen molar-refractivity contribution in [2.24, 2.45) is 0 Å². The monoisotopic (exact) mass is 443 g/mol. The number of benzene rings is 2. The van der Waals surface area contributed by atoms with Crippen molar-refractivity contribution < 1.29 is 23.8 Å². The molecule has 4 rings (SSSR count). The molecule has 9 heteroatoms. The van der Waals surface area contributed by atoms with Gasteiger partial charge in [-0.15, -0.1) is 4.99 Å². The minimum atomic E-state index is -0.349. The van der Waals surface area contributed by atoms with Crippen LogP contribution in [-0.2, 0) is 29.4 Å². The molecule has 2 heterocycles. The maximum atomic E-state index is 12.3. The van der Waals surface area contributed by atoms with Crippen LogP contribution in [0.1, 0.15) is 24.0 Å². The zero-order chi connectivity index (χ0) is 22.5. The third-order valence-electron chi connectivity index (χ3n) is 5.81. The summed E-state index contributed by atoms with van der Waals surface area (Å²) in [6, 6.07) is 9.52. The summed E-state index contributed by atoms with van der Waals surface area (Å²) in [5.41, 5.74) is 7.13. The predicted octanol–water partition coefficient (Wildman–Crippen LogP) is 3.36. The number of unbranched alkanes of at least 4 members (excludes halogenated alkanes) is 1. The highest BCUT2D eigenvalue weighted by Crippen LogP contribution is 2.33. The second-order valence-corrected chi connectivity index (χ2v) is 7.76. The van der Waals surface area contributed by atoms with E-state index in [1.54, 1.807) is 30.9 Å². The van der Waals surface area contributed by atoms with E-state index < -0.39 is 0 Å². The summed E-state index contributed by atoms with van der Waals surface area (Å²) < 4.78 is 17.9. The quantitative estimate of drug-likeness (QED) is 0.290. The largest absolute Gasteiger partial charge is 0.493 e. The van der Waals surface area contributed by atoms with Crippen molar-refractivity contribution in [1.82, 2.24) is 9.47 Å². The zero-order valence-electron chi connectivity index (χ0n) is 18.7. The maximum absolute atomic E-state index is 12.3. The topological polar surface area (TPSA) is 87.3 Å². The molecule has 9 nitrogen and oxygen atoms in total. The van der Waals surface area contributed by atoms with Crippen LogP contribution in [0, 0.1) is 0 Å². The van der Waals surface area contributed by atoms with Gasteiger partial charge in [-0.1, -0.05) is 0 Å². The second kappa shape index (κ2) is 10.1. The first kappa shape index (κ1) is 22.2. The molecule has 0 atom stereocenters. The first-order chi connectivity index (χ1) is 15.6. The van der Waals surface area contributed by atoms with Crippen molar-refractivity contribution >= 4 is 16.8 Å². The zero-order valence-corrected chi connectivity index (χ0v) is 18.7. The summed E-state index contributed by atoms with van der Waals surface area (Å²) in [7, 11) is 4.73. The number of methoxy groups -OCH3 is 2. The molecule has 1 N–H and O–H groups in total. The molecule has 0 radical (unpaired) electrons. The third-order valence-corrected chi connectivity index (χ3v) is 5.81. The smallest absolute Gasteiger partial charge is 0.419 e. The molecule has 0 amide bonds. The Morgan fingerprint density at radius 2 is 1.75 bits per heavy atom. The number of hydrogen-bond acceptors (Lipinski definition) is 8. The molecular formula is C23H29N3O6. The van der Waals surface area contributed by atoms with Crippen molar-refractivity contribution in [3.8, 4) is 11.5 Å². The number of oxazole rings is 1. The van der Waals surface area contributed by atoms with Crippen LogP contribution in [0.5, 0.6) is 11.5 Å². The second-order valence-electron chi connectivity index (χ2n) is 7.76. The van der Waals surface area contributed by atoms with Gasteiger partial charge in [0, 0.05) is 25.7 Å². The van der Waals surface area contributed by atoms with Gasteiger partial charge < -0.3 is 13.9 Å². The van der Waals surface area contributed by atoms with Crippen LogP contribution >= 0.6 is 0 Å². The van der Waals surface area contributed by atoms with Crippen LogP contribution in [0.4, 0.5) is 5.69 Å². The summed E-state index contributed by atoms with van der Waals surface area (Å²) in [6.45, 7) is 3.49. The summed E-state index contributed by atoms with van der Waals surface area (Å²) in [4.78, 5) is 24.0. The van der Waals surface area contributed by atoms with Gasteiger partial charge in [0.25, 0.3) is 0 Å². The molecule has 0 unspecified atom stereocenters. The highest BCUT2D eigenvalue weighted by molar-refractivity contribution is 5.77. The van der Waals surface area contributed by atoms with Crippen LogP contribution in [0.15, 0.2) is 39.5 Å². The fourth-order valence-corrected chi connectivity index (χ4v) is 4.17. The van der Waals surface area contributed by atoms with Gasteiger partial charge in [-0.05, 0) is 61.2 Å². The van der Waals surface area contributed by atoms with Crippen LogP contribution in [0.25, 0.3) is 11.1 Å². The van der Waals surface area contributed by atoms with E-state index in [2.05, 4.69) is 27.4 Å². The number of anilines is 1. The van der Waals surface area contributed by atoms with Gasteiger partial charge in [0.2, 0.25) is 0 Å². The van der Waals surface area contributed by atoms with Crippen molar-refractivity contribution in [1.29, 1.82) is 0 Å². The number of nitrogens with zero attached hydrogens (tertiary/aromatic N) is 2. The molecule has 0 fully saturated rings. The van der Waals surface area contributed by atoms with E-state index in [-0.39, 0.29) is 5.76 Å². The van der Waals surface area contributed by atoms with Crippen LogP contribution < -0.4 is 20.7 Å². The van der Waals surface area contributed by atoms with Gasteiger partial charge >= 0.3 is 5.76 Å². The van der Waals surface area contributed by atoms with Crippen LogP contribution in [0.3, 0.4) is 0 Å². The number of aromatic nitrogens is 1. The lowest BCUT2D eigenvalue weighted by atomic mass is 9.98. The van der Waals surface area contributed by atoms with Gasteiger partial charge in [-0.3, -0.25) is 9.47 Å². The maximum Gasteiger partial charge on any atom is 0.419 e. The van der Waals surface area contributed by atoms with E-state index >= 15 is 0 Å². The van der Waals surface area contributed by atoms with E-state index in [0.717, 1.165) is 55.9 Å². The average molecular weight is 444 g/mol. The molecule has 0 spiro atoms. The van der Waals surface area contributed by atoms with Crippen molar-refractivity contribution in [3.63, 3.8) is 0 Å². The first-order valence-electron chi connectivity index (χ1n) is 10.7. The normalized spacial score (nSPS) is 13.8.